The lowest BCUT2D eigenvalue weighted by molar-refractivity contribution is -0.142. The van der Waals surface area contributed by atoms with Crippen molar-refractivity contribution in [2.75, 3.05) is 20.3 Å². The van der Waals surface area contributed by atoms with E-state index in [1.54, 1.807) is 17.9 Å². The van der Waals surface area contributed by atoms with Crippen LogP contribution in [0.5, 0.6) is 11.5 Å². The second-order valence-corrected chi connectivity index (χ2v) is 6.22. The molecule has 0 bridgehead atoms. The average molecular weight is 356 g/mol. The van der Waals surface area contributed by atoms with Crippen molar-refractivity contribution in [2.24, 2.45) is 5.92 Å². The lowest BCUT2D eigenvalue weighted by Gasteiger charge is -2.24. The number of halogens is 1. The third kappa shape index (κ3) is 3.59. The second kappa shape index (κ2) is 7.75. The molecule has 24 heavy (non-hydrogen) atoms. The molecule has 1 fully saturated rings. The number of methoxy groups -OCH3 is 1. The highest BCUT2D eigenvalue weighted by atomic mass is 35.5. The van der Waals surface area contributed by atoms with E-state index in [0.29, 0.717) is 41.7 Å². The Labute approximate surface area is 146 Å². The van der Waals surface area contributed by atoms with Gasteiger partial charge in [0.15, 0.2) is 11.5 Å². The van der Waals surface area contributed by atoms with Crippen LogP contribution in [0, 0.1) is 5.92 Å². The summed E-state index contributed by atoms with van der Waals surface area (Å²) >= 11 is 6.25. The molecule has 0 saturated carbocycles. The third-order valence-electron chi connectivity index (χ3n) is 4.26. The first-order chi connectivity index (χ1) is 11.4. The number of hydrogen-bond donors (Lipinski definition) is 1. The summed E-state index contributed by atoms with van der Waals surface area (Å²) in [4.78, 5) is 25.5. The Morgan fingerprint density at radius 1 is 1.42 bits per heavy atom. The molecular weight excluding hydrogens is 334 g/mol. The molecule has 1 amide bonds. The number of carboxylic acids is 1. The molecular formula is C17H22ClNO5. The molecule has 0 aliphatic carbocycles. The van der Waals surface area contributed by atoms with Gasteiger partial charge in [-0.05, 0) is 31.9 Å². The van der Waals surface area contributed by atoms with E-state index in [2.05, 4.69) is 0 Å². The van der Waals surface area contributed by atoms with Crippen LogP contribution in [-0.4, -0.2) is 48.2 Å². The minimum absolute atomic E-state index is 0.256. The van der Waals surface area contributed by atoms with Gasteiger partial charge in [-0.25, -0.2) is 0 Å². The molecule has 1 aromatic rings. The number of nitrogens with zero attached hydrogens (tertiary/aromatic N) is 1. The van der Waals surface area contributed by atoms with E-state index in [4.69, 9.17) is 21.1 Å². The third-order valence-corrected chi connectivity index (χ3v) is 4.54. The molecule has 2 unspecified atom stereocenters. The Bertz CT molecular complexity index is 634. The zero-order valence-corrected chi connectivity index (χ0v) is 14.8. The van der Waals surface area contributed by atoms with Crippen molar-refractivity contribution in [3.05, 3.63) is 22.7 Å². The van der Waals surface area contributed by atoms with Crippen molar-refractivity contribution in [1.82, 2.24) is 4.90 Å². The van der Waals surface area contributed by atoms with E-state index in [-0.39, 0.29) is 11.9 Å². The van der Waals surface area contributed by atoms with Gasteiger partial charge in [0.2, 0.25) is 0 Å². The fourth-order valence-electron chi connectivity index (χ4n) is 2.91. The first kappa shape index (κ1) is 18.4. The SMILES string of the molecule is CCCOc1c(Cl)cc(C(=O)N2CCC(C(=O)O)C2C)cc1OC. The summed E-state index contributed by atoms with van der Waals surface area (Å²) in [5, 5.41) is 9.50. The average Bonchev–Trinajstić information content (AvgIpc) is 2.94. The summed E-state index contributed by atoms with van der Waals surface area (Å²) in [7, 11) is 1.48. The Morgan fingerprint density at radius 2 is 2.12 bits per heavy atom. The lowest BCUT2D eigenvalue weighted by atomic mass is 10.0. The summed E-state index contributed by atoms with van der Waals surface area (Å²) in [5.74, 6) is -0.875. The van der Waals surface area contributed by atoms with E-state index >= 15 is 0 Å². The van der Waals surface area contributed by atoms with E-state index in [9.17, 15) is 14.7 Å². The van der Waals surface area contributed by atoms with Crippen LogP contribution in [0.3, 0.4) is 0 Å². The van der Waals surface area contributed by atoms with E-state index in [1.807, 2.05) is 6.92 Å². The molecule has 7 heteroatoms. The van der Waals surface area contributed by atoms with Crippen LogP contribution < -0.4 is 9.47 Å². The smallest absolute Gasteiger partial charge is 0.308 e. The van der Waals surface area contributed by atoms with Gasteiger partial charge >= 0.3 is 5.97 Å². The van der Waals surface area contributed by atoms with Crippen LogP contribution >= 0.6 is 11.6 Å². The summed E-state index contributed by atoms with van der Waals surface area (Å²) < 4.78 is 10.9. The molecule has 1 saturated heterocycles. The number of ether oxygens (including phenoxy) is 2. The minimum Gasteiger partial charge on any atom is -0.493 e. The van der Waals surface area contributed by atoms with Crippen molar-refractivity contribution < 1.29 is 24.2 Å². The number of rotatable bonds is 6. The van der Waals surface area contributed by atoms with Gasteiger partial charge in [-0.15, -0.1) is 0 Å². The van der Waals surface area contributed by atoms with E-state index in [1.165, 1.54) is 13.2 Å². The molecule has 0 radical (unpaired) electrons. The number of aliphatic carboxylic acids is 1. The quantitative estimate of drug-likeness (QED) is 0.848. The van der Waals surface area contributed by atoms with Gasteiger partial charge in [0.1, 0.15) is 0 Å². The first-order valence-corrected chi connectivity index (χ1v) is 8.32. The summed E-state index contributed by atoms with van der Waals surface area (Å²) in [5.41, 5.74) is 0.360. The lowest BCUT2D eigenvalue weighted by Crippen LogP contribution is -2.37. The minimum atomic E-state index is -0.878. The highest BCUT2D eigenvalue weighted by molar-refractivity contribution is 6.32. The van der Waals surface area contributed by atoms with Crippen LogP contribution in [0.4, 0.5) is 0 Å². The fourth-order valence-corrected chi connectivity index (χ4v) is 3.18. The second-order valence-electron chi connectivity index (χ2n) is 5.81. The van der Waals surface area contributed by atoms with E-state index in [0.717, 1.165) is 6.42 Å². The van der Waals surface area contributed by atoms with Crippen molar-refractivity contribution in [1.29, 1.82) is 0 Å². The number of amides is 1. The van der Waals surface area contributed by atoms with E-state index < -0.39 is 11.9 Å². The molecule has 1 aliphatic rings. The molecule has 132 valence electrons. The van der Waals surface area contributed by atoms with Gasteiger partial charge < -0.3 is 19.5 Å². The maximum Gasteiger partial charge on any atom is 0.308 e. The predicted octanol–water partition coefficient (Wildman–Crippen LogP) is 3.07. The molecule has 1 N–H and O–H groups in total. The number of carboxylic acid groups (broad SMARTS) is 1. The Kier molecular flexibility index (Phi) is 5.94. The van der Waals surface area contributed by atoms with Crippen LogP contribution in [0.2, 0.25) is 5.02 Å². The van der Waals surface area contributed by atoms with Gasteiger partial charge in [-0.1, -0.05) is 18.5 Å². The number of hydrogen-bond acceptors (Lipinski definition) is 4. The number of carbonyl (C=O) groups is 2. The van der Waals surface area contributed by atoms with Gasteiger partial charge in [0.05, 0.1) is 24.7 Å². The first-order valence-electron chi connectivity index (χ1n) is 7.94. The fraction of sp³-hybridized carbons (Fsp3) is 0.529. The van der Waals surface area contributed by atoms with Gasteiger partial charge in [0.25, 0.3) is 5.91 Å². The molecule has 0 aromatic heterocycles. The largest absolute Gasteiger partial charge is 0.493 e. The monoisotopic (exact) mass is 355 g/mol. The number of carbonyl (C=O) groups excluding carboxylic acids is 1. The summed E-state index contributed by atoms with van der Waals surface area (Å²) in [6.45, 7) is 4.63. The van der Waals surface area contributed by atoms with Crippen molar-refractivity contribution >= 4 is 23.5 Å². The highest BCUT2D eigenvalue weighted by Gasteiger charge is 2.38. The molecule has 1 heterocycles. The molecule has 0 spiro atoms. The van der Waals surface area contributed by atoms with Crippen molar-refractivity contribution in [2.45, 2.75) is 32.7 Å². The predicted molar refractivity (Wildman–Crippen MR) is 90.0 cm³/mol. The highest BCUT2D eigenvalue weighted by Crippen LogP contribution is 2.37. The molecule has 2 rings (SSSR count). The Morgan fingerprint density at radius 3 is 2.67 bits per heavy atom. The normalized spacial score (nSPS) is 20.1. The zero-order valence-electron chi connectivity index (χ0n) is 14.0. The molecule has 1 aromatic carbocycles. The molecule has 2 atom stereocenters. The van der Waals surface area contributed by atoms with Gasteiger partial charge in [-0.2, -0.15) is 0 Å². The Hall–Kier alpha value is -1.95. The number of likely N-dealkylation sites (tertiary alicyclic amines) is 1. The maximum atomic E-state index is 12.7. The molecule has 6 nitrogen and oxygen atoms in total. The van der Waals surface area contributed by atoms with Gasteiger partial charge in [0, 0.05) is 18.2 Å². The van der Waals surface area contributed by atoms with Crippen LogP contribution in [0.1, 0.15) is 37.0 Å². The molecule has 1 aliphatic heterocycles. The summed E-state index contributed by atoms with van der Waals surface area (Å²) in [6, 6.07) is 2.76. The summed E-state index contributed by atoms with van der Waals surface area (Å²) in [6.07, 6.45) is 1.27. The van der Waals surface area contributed by atoms with Crippen LogP contribution in [0.15, 0.2) is 12.1 Å². The number of benzene rings is 1. The Balaban J connectivity index is 2.27. The maximum absolute atomic E-state index is 12.7. The van der Waals surface area contributed by atoms with Gasteiger partial charge in [-0.3, -0.25) is 9.59 Å². The zero-order chi connectivity index (χ0) is 17.9. The van der Waals surface area contributed by atoms with Crippen molar-refractivity contribution in [3.8, 4) is 11.5 Å². The standard InChI is InChI=1S/C17H22ClNO5/c1-4-7-24-15-13(18)8-11(9-14(15)23-3)16(20)19-6-5-12(10(19)2)17(21)22/h8-10,12H,4-7H2,1-3H3,(H,21,22). The van der Waals surface area contributed by atoms with Crippen LogP contribution in [0.25, 0.3) is 0 Å². The van der Waals surface area contributed by atoms with Crippen LogP contribution in [-0.2, 0) is 4.79 Å². The van der Waals surface area contributed by atoms with Crippen molar-refractivity contribution in [3.63, 3.8) is 0 Å². The topological polar surface area (TPSA) is 76.1 Å².